The second-order valence-electron chi connectivity index (χ2n) is 5.22. The molecule has 1 rings (SSSR count). The van der Waals surface area contributed by atoms with E-state index in [2.05, 4.69) is 17.2 Å². The number of amides is 2. The Kier molecular flexibility index (Phi) is 9.11. The summed E-state index contributed by atoms with van der Waals surface area (Å²) in [6.07, 6.45) is 3.38. The van der Waals surface area contributed by atoms with Crippen molar-refractivity contribution < 1.29 is 19.8 Å². The number of aliphatic hydroxyl groups is 2. The maximum atomic E-state index is 11.6. The molecule has 1 aromatic carbocycles. The Hall–Kier alpha value is -2.44. The molecular weight excluding hydrogens is 308 g/mol. The van der Waals surface area contributed by atoms with E-state index in [0.29, 0.717) is 25.9 Å². The van der Waals surface area contributed by atoms with Crippen molar-refractivity contribution in [3.8, 4) is 0 Å². The third kappa shape index (κ3) is 7.71. The van der Waals surface area contributed by atoms with E-state index in [4.69, 9.17) is 5.11 Å². The predicted molar refractivity (Wildman–Crippen MR) is 93.0 cm³/mol. The van der Waals surface area contributed by atoms with E-state index in [0.717, 1.165) is 5.56 Å². The van der Waals surface area contributed by atoms with Crippen molar-refractivity contribution in [1.82, 2.24) is 10.6 Å². The van der Waals surface area contributed by atoms with E-state index in [1.54, 1.807) is 6.08 Å². The molecule has 0 fully saturated rings. The van der Waals surface area contributed by atoms with Crippen LogP contribution >= 0.6 is 0 Å². The highest BCUT2D eigenvalue weighted by molar-refractivity contribution is 5.93. The SMILES string of the molecule is C=C(C(=O)NCCCCNC(=O)C=Cc1ccccc1)C(O)CO. The topological polar surface area (TPSA) is 98.7 Å². The van der Waals surface area contributed by atoms with Crippen molar-refractivity contribution in [2.24, 2.45) is 0 Å². The van der Waals surface area contributed by atoms with E-state index < -0.39 is 18.6 Å². The molecule has 6 heteroatoms. The van der Waals surface area contributed by atoms with Gasteiger partial charge in [-0.15, -0.1) is 0 Å². The van der Waals surface area contributed by atoms with Crippen LogP contribution in [0.25, 0.3) is 6.08 Å². The lowest BCUT2D eigenvalue weighted by atomic mass is 10.1. The minimum absolute atomic E-state index is 0.0585. The number of hydrogen-bond donors (Lipinski definition) is 4. The average molecular weight is 332 g/mol. The highest BCUT2D eigenvalue weighted by Crippen LogP contribution is 2.00. The van der Waals surface area contributed by atoms with Crippen molar-refractivity contribution in [2.75, 3.05) is 19.7 Å². The fraction of sp³-hybridized carbons (Fsp3) is 0.333. The normalized spacial score (nSPS) is 11.9. The fourth-order valence-electron chi connectivity index (χ4n) is 1.83. The van der Waals surface area contributed by atoms with Crippen LogP contribution in [0.2, 0.25) is 0 Å². The number of nitrogens with one attached hydrogen (secondary N) is 2. The first-order valence-electron chi connectivity index (χ1n) is 7.81. The summed E-state index contributed by atoms with van der Waals surface area (Å²) in [4.78, 5) is 23.2. The van der Waals surface area contributed by atoms with Crippen LogP contribution in [0, 0.1) is 0 Å². The molecule has 0 aliphatic heterocycles. The molecule has 6 nitrogen and oxygen atoms in total. The van der Waals surface area contributed by atoms with E-state index in [9.17, 15) is 14.7 Å². The Balaban J connectivity index is 2.11. The molecule has 0 spiro atoms. The molecule has 130 valence electrons. The number of rotatable bonds is 10. The summed E-state index contributed by atoms with van der Waals surface area (Å²) in [5.41, 5.74) is 0.900. The number of carbonyl (C=O) groups is 2. The van der Waals surface area contributed by atoms with Gasteiger partial charge >= 0.3 is 0 Å². The largest absolute Gasteiger partial charge is 0.393 e. The van der Waals surface area contributed by atoms with E-state index in [-0.39, 0.29) is 11.5 Å². The molecule has 0 radical (unpaired) electrons. The van der Waals surface area contributed by atoms with Crippen LogP contribution in [-0.2, 0) is 9.59 Å². The Morgan fingerprint density at radius 1 is 1.12 bits per heavy atom. The van der Waals surface area contributed by atoms with Gasteiger partial charge in [0, 0.05) is 24.7 Å². The summed E-state index contributed by atoms with van der Waals surface area (Å²) in [7, 11) is 0. The van der Waals surface area contributed by atoms with Gasteiger partial charge in [-0.25, -0.2) is 0 Å². The summed E-state index contributed by atoms with van der Waals surface area (Å²) in [5, 5.41) is 23.4. The van der Waals surface area contributed by atoms with Gasteiger partial charge in [0.2, 0.25) is 11.8 Å². The van der Waals surface area contributed by atoms with E-state index >= 15 is 0 Å². The van der Waals surface area contributed by atoms with Crippen LogP contribution in [0.4, 0.5) is 0 Å². The molecule has 0 saturated heterocycles. The molecular formula is C18H24N2O4. The summed E-state index contributed by atoms with van der Waals surface area (Å²) < 4.78 is 0. The van der Waals surface area contributed by atoms with E-state index in [1.807, 2.05) is 30.3 Å². The van der Waals surface area contributed by atoms with Gasteiger partial charge < -0.3 is 20.8 Å². The fourth-order valence-corrected chi connectivity index (χ4v) is 1.83. The first kappa shape index (κ1) is 19.6. The third-order valence-electron chi connectivity index (χ3n) is 3.28. The molecule has 0 saturated carbocycles. The van der Waals surface area contributed by atoms with Crippen molar-refractivity contribution >= 4 is 17.9 Å². The Morgan fingerprint density at radius 2 is 1.75 bits per heavy atom. The van der Waals surface area contributed by atoms with Crippen molar-refractivity contribution in [1.29, 1.82) is 0 Å². The molecule has 2 amide bonds. The standard InChI is InChI=1S/C18H24N2O4/c1-14(16(22)13-21)18(24)20-12-6-5-11-19-17(23)10-9-15-7-3-2-4-8-15/h2-4,7-10,16,21-22H,1,5-6,11-13H2,(H,19,23)(H,20,24). The van der Waals surface area contributed by atoms with Gasteiger partial charge in [-0.3, -0.25) is 9.59 Å². The minimum Gasteiger partial charge on any atom is -0.393 e. The van der Waals surface area contributed by atoms with Crippen molar-refractivity contribution in [2.45, 2.75) is 18.9 Å². The molecule has 4 N–H and O–H groups in total. The first-order chi connectivity index (χ1) is 11.5. The molecule has 0 aromatic heterocycles. The monoisotopic (exact) mass is 332 g/mol. The number of aliphatic hydroxyl groups excluding tert-OH is 2. The van der Waals surface area contributed by atoms with Crippen LogP contribution in [0.5, 0.6) is 0 Å². The second kappa shape index (κ2) is 11.2. The zero-order valence-electron chi connectivity index (χ0n) is 13.6. The molecule has 0 bridgehead atoms. The summed E-state index contributed by atoms with van der Waals surface area (Å²) >= 11 is 0. The molecule has 1 unspecified atom stereocenters. The maximum Gasteiger partial charge on any atom is 0.249 e. The summed E-state index contributed by atoms with van der Waals surface area (Å²) in [5.74, 6) is -0.645. The van der Waals surface area contributed by atoms with Crippen LogP contribution in [0.15, 0.2) is 48.6 Å². The second-order valence-corrected chi connectivity index (χ2v) is 5.22. The molecule has 0 aliphatic rings. The van der Waals surface area contributed by atoms with E-state index in [1.165, 1.54) is 6.08 Å². The lowest BCUT2D eigenvalue weighted by Gasteiger charge is -2.11. The molecule has 24 heavy (non-hydrogen) atoms. The van der Waals surface area contributed by atoms with Gasteiger partial charge in [0.05, 0.1) is 6.61 Å². The number of hydrogen-bond acceptors (Lipinski definition) is 4. The smallest absolute Gasteiger partial charge is 0.249 e. The zero-order valence-corrected chi connectivity index (χ0v) is 13.6. The lowest BCUT2D eigenvalue weighted by molar-refractivity contribution is -0.119. The number of benzene rings is 1. The number of carbonyl (C=O) groups excluding carboxylic acids is 2. The zero-order chi connectivity index (χ0) is 17.8. The molecule has 1 aromatic rings. The van der Waals surface area contributed by atoms with Crippen LogP contribution < -0.4 is 10.6 Å². The van der Waals surface area contributed by atoms with Crippen molar-refractivity contribution in [3.63, 3.8) is 0 Å². The third-order valence-corrected chi connectivity index (χ3v) is 3.28. The Labute approximate surface area is 141 Å². The van der Waals surface area contributed by atoms with Crippen LogP contribution in [0.1, 0.15) is 18.4 Å². The van der Waals surface area contributed by atoms with Gasteiger partial charge in [-0.2, -0.15) is 0 Å². The minimum atomic E-state index is -1.24. The Morgan fingerprint density at radius 3 is 2.38 bits per heavy atom. The van der Waals surface area contributed by atoms with Gasteiger partial charge in [0.1, 0.15) is 6.10 Å². The quantitative estimate of drug-likeness (QED) is 0.373. The molecule has 0 heterocycles. The average Bonchev–Trinajstić information content (AvgIpc) is 2.62. The molecule has 0 aliphatic carbocycles. The number of unbranched alkanes of at least 4 members (excludes halogenated alkanes) is 1. The van der Waals surface area contributed by atoms with Crippen LogP contribution in [0.3, 0.4) is 0 Å². The van der Waals surface area contributed by atoms with Gasteiger partial charge in [0.15, 0.2) is 0 Å². The first-order valence-corrected chi connectivity index (χ1v) is 7.81. The van der Waals surface area contributed by atoms with Gasteiger partial charge in [-0.05, 0) is 24.5 Å². The summed E-state index contributed by atoms with van der Waals surface area (Å²) in [6.45, 7) is 3.81. The predicted octanol–water partition coefficient (Wildman–Crippen LogP) is 0.622. The van der Waals surface area contributed by atoms with Crippen LogP contribution in [-0.4, -0.2) is 47.8 Å². The summed E-state index contributed by atoms with van der Waals surface area (Å²) in [6, 6.07) is 9.54. The highest BCUT2D eigenvalue weighted by Gasteiger charge is 2.14. The maximum absolute atomic E-state index is 11.6. The van der Waals surface area contributed by atoms with Crippen molar-refractivity contribution in [3.05, 3.63) is 54.1 Å². The highest BCUT2D eigenvalue weighted by atomic mass is 16.3. The Bertz CT molecular complexity index is 570. The van der Waals surface area contributed by atoms with Gasteiger partial charge in [-0.1, -0.05) is 36.9 Å². The van der Waals surface area contributed by atoms with Gasteiger partial charge in [0.25, 0.3) is 0 Å². The lowest BCUT2D eigenvalue weighted by Crippen LogP contribution is -2.32. The molecule has 1 atom stereocenters.